The Morgan fingerprint density at radius 3 is 2.69 bits per heavy atom. The number of fused-ring (bicyclic) bond motifs is 1. The number of rotatable bonds is 10. The lowest BCUT2D eigenvalue weighted by Crippen LogP contribution is -2.39. The van der Waals surface area contributed by atoms with E-state index in [0.717, 1.165) is 77.2 Å². The van der Waals surface area contributed by atoms with Crippen molar-refractivity contribution in [1.82, 2.24) is 9.88 Å². The number of thioether (sulfide) groups is 1. The van der Waals surface area contributed by atoms with Crippen molar-refractivity contribution in [2.24, 2.45) is 0 Å². The summed E-state index contributed by atoms with van der Waals surface area (Å²) in [6.07, 6.45) is 2.07. The molecule has 0 radical (unpaired) electrons. The number of nitrogens with zero attached hydrogens (tertiary/aromatic N) is 3. The molecule has 0 bridgehead atoms. The molecule has 4 rings (SSSR count). The Labute approximate surface area is 225 Å². The molecule has 1 aliphatic heterocycles. The van der Waals surface area contributed by atoms with Gasteiger partial charge < -0.3 is 4.74 Å². The summed E-state index contributed by atoms with van der Waals surface area (Å²) in [4.78, 5) is 23.3. The molecule has 0 N–H and O–H groups in total. The molecule has 0 unspecified atom stereocenters. The number of aromatic nitrogens is 1. The molecule has 1 aliphatic rings. The average Bonchev–Trinajstić information content (AvgIpc) is 3.28. The fraction of sp³-hybridized carbons (Fsp3) is 0.440. The molecule has 0 atom stereocenters. The molecule has 2 aromatic carbocycles. The highest BCUT2D eigenvalue weighted by Gasteiger charge is 2.21. The van der Waals surface area contributed by atoms with Gasteiger partial charge in [0.05, 0.1) is 23.4 Å². The van der Waals surface area contributed by atoms with Crippen LogP contribution in [0.1, 0.15) is 24.8 Å². The Morgan fingerprint density at radius 2 is 1.94 bits per heavy atom. The van der Waals surface area contributed by atoms with Gasteiger partial charge in [-0.15, -0.1) is 24.2 Å². The van der Waals surface area contributed by atoms with E-state index >= 15 is 0 Å². The van der Waals surface area contributed by atoms with Crippen LogP contribution in [0, 0.1) is 12.7 Å². The Morgan fingerprint density at radius 1 is 1.20 bits per heavy atom. The van der Waals surface area contributed by atoms with Gasteiger partial charge in [-0.2, -0.15) is 0 Å². The minimum atomic E-state index is -0.236. The van der Waals surface area contributed by atoms with Crippen LogP contribution in [-0.4, -0.2) is 60.9 Å². The summed E-state index contributed by atoms with van der Waals surface area (Å²) in [6.45, 7) is 6.95. The lowest BCUT2D eigenvalue weighted by Gasteiger charge is -2.27. The molecule has 5 nitrogen and oxygen atoms in total. The molecule has 1 aromatic heterocycles. The number of halogens is 3. The van der Waals surface area contributed by atoms with Crippen molar-refractivity contribution in [3.63, 3.8) is 0 Å². The van der Waals surface area contributed by atoms with Gasteiger partial charge in [0, 0.05) is 42.5 Å². The van der Waals surface area contributed by atoms with E-state index in [9.17, 15) is 9.18 Å². The number of benzene rings is 2. The van der Waals surface area contributed by atoms with Crippen molar-refractivity contribution >= 4 is 68.4 Å². The van der Waals surface area contributed by atoms with Gasteiger partial charge in [0.2, 0.25) is 5.91 Å². The minimum Gasteiger partial charge on any atom is -0.379 e. The van der Waals surface area contributed by atoms with Gasteiger partial charge in [-0.05, 0) is 67.5 Å². The molecular weight excluding hydrogens is 528 g/mol. The number of hydrogen-bond acceptors (Lipinski definition) is 6. The molecule has 1 saturated heterocycles. The standard InChI is InChI=1S/C25H29ClFN3O2S2.ClH/c1-18-21(26)9-10-22-24(18)28-25(34-22)30(12-3-11-29-13-15-32-16-14-29)23(31)4-2-17-33-20-7-5-19(27)6-8-20;/h5-10H,2-4,11-17H2,1H3;1H. The summed E-state index contributed by atoms with van der Waals surface area (Å²) in [6, 6.07) is 10.3. The first-order chi connectivity index (χ1) is 16.5. The fourth-order valence-electron chi connectivity index (χ4n) is 3.89. The predicted molar refractivity (Wildman–Crippen MR) is 147 cm³/mol. The summed E-state index contributed by atoms with van der Waals surface area (Å²) >= 11 is 9.48. The number of carbonyl (C=O) groups excluding carboxylic acids is 1. The van der Waals surface area contributed by atoms with Crippen LogP contribution in [0.25, 0.3) is 10.2 Å². The number of amides is 1. The number of hydrogen-bond donors (Lipinski definition) is 0. The summed E-state index contributed by atoms with van der Waals surface area (Å²) in [5.74, 6) is 0.650. The van der Waals surface area contributed by atoms with E-state index in [0.29, 0.717) is 18.0 Å². The molecule has 0 aliphatic carbocycles. The molecule has 2 heterocycles. The van der Waals surface area contributed by atoms with E-state index in [2.05, 4.69) is 4.90 Å². The minimum absolute atomic E-state index is 0. The SMILES string of the molecule is Cc1c(Cl)ccc2sc(N(CCCN3CCOCC3)C(=O)CCCSc3ccc(F)cc3)nc12.Cl. The van der Waals surface area contributed by atoms with Crippen molar-refractivity contribution < 1.29 is 13.9 Å². The first-order valence-corrected chi connectivity index (χ1v) is 13.7. The molecule has 10 heteroatoms. The number of morpholine rings is 1. The van der Waals surface area contributed by atoms with Crippen LogP contribution < -0.4 is 4.90 Å². The second-order valence-electron chi connectivity index (χ2n) is 8.27. The quantitative estimate of drug-likeness (QED) is 0.212. The molecule has 1 fully saturated rings. The molecular formula is C25H30Cl2FN3O2S2. The molecule has 0 saturated carbocycles. The maximum Gasteiger partial charge on any atom is 0.228 e. The van der Waals surface area contributed by atoms with Gasteiger partial charge in [-0.1, -0.05) is 22.9 Å². The van der Waals surface area contributed by atoms with Crippen LogP contribution in [0.2, 0.25) is 5.02 Å². The van der Waals surface area contributed by atoms with Crippen molar-refractivity contribution in [2.45, 2.75) is 31.1 Å². The van der Waals surface area contributed by atoms with Gasteiger partial charge >= 0.3 is 0 Å². The van der Waals surface area contributed by atoms with Gasteiger partial charge in [-0.3, -0.25) is 14.6 Å². The first kappa shape index (κ1) is 28.2. The molecule has 1 amide bonds. The Balaban J connectivity index is 0.00000342. The van der Waals surface area contributed by atoms with Crippen molar-refractivity contribution in [1.29, 1.82) is 0 Å². The smallest absolute Gasteiger partial charge is 0.228 e. The van der Waals surface area contributed by atoms with Gasteiger partial charge in [-0.25, -0.2) is 9.37 Å². The van der Waals surface area contributed by atoms with E-state index in [4.69, 9.17) is 21.3 Å². The highest BCUT2D eigenvalue weighted by Crippen LogP contribution is 2.34. The number of aryl methyl sites for hydroxylation is 1. The highest BCUT2D eigenvalue weighted by molar-refractivity contribution is 7.99. The fourth-order valence-corrected chi connectivity index (χ4v) is 5.96. The van der Waals surface area contributed by atoms with Crippen LogP contribution in [0.5, 0.6) is 0 Å². The van der Waals surface area contributed by atoms with Gasteiger partial charge in [0.1, 0.15) is 5.82 Å². The van der Waals surface area contributed by atoms with E-state index < -0.39 is 0 Å². The first-order valence-electron chi connectivity index (χ1n) is 11.6. The highest BCUT2D eigenvalue weighted by atomic mass is 35.5. The third-order valence-corrected chi connectivity index (χ3v) is 8.40. The second-order valence-corrected chi connectivity index (χ2v) is 10.9. The van der Waals surface area contributed by atoms with Crippen LogP contribution in [-0.2, 0) is 9.53 Å². The van der Waals surface area contributed by atoms with Crippen LogP contribution >= 0.6 is 47.1 Å². The lowest BCUT2D eigenvalue weighted by molar-refractivity contribution is -0.118. The Kier molecular flexibility index (Phi) is 11.1. The zero-order valence-electron chi connectivity index (χ0n) is 19.7. The van der Waals surface area contributed by atoms with Crippen molar-refractivity contribution in [3.05, 3.63) is 52.8 Å². The summed E-state index contributed by atoms with van der Waals surface area (Å²) in [5, 5.41) is 1.42. The summed E-state index contributed by atoms with van der Waals surface area (Å²) < 4.78 is 19.6. The third-order valence-electron chi connectivity index (χ3n) is 5.85. The van der Waals surface area contributed by atoms with E-state index in [1.807, 2.05) is 24.0 Å². The molecule has 0 spiro atoms. The van der Waals surface area contributed by atoms with Crippen molar-refractivity contribution in [3.8, 4) is 0 Å². The topological polar surface area (TPSA) is 45.7 Å². The van der Waals surface area contributed by atoms with Gasteiger partial charge in [0.15, 0.2) is 5.13 Å². The Bertz CT molecular complexity index is 1110. The Hall–Kier alpha value is -1.42. The summed E-state index contributed by atoms with van der Waals surface area (Å²) in [5.41, 5.74) is 1.81. The lowest BCUT2D eigenvalue weighted by atomic mass is 10.2. The maximum atomic E-state index is 13.3. The monoisotopic (exact) mass is 557 g/mol. The normalized spacial score (nSPS) is 14.1. The van der Waals surface area contributed by atoms with Crippen LogP contribution in [0.3, 0.4) is 0 Å². The van der Waals surface area contributed by atoms with Gasteiger partial charge in [0.25, 0.3) is 0 Å². The largest absolute Gasteiger partial charge is 0.379 e. The van der Waals surface area contributed by atoms with E-state index in [1.165, 1.54) is 12.1 Å². The summed E-state index contributed by atoms with van der Waals surface area (Å²) in [7, 11) is 0. The zero-order chi connectivity index (χ0) is 23.9. The number of ether oxygens (including phenoxy) is 1. The van der Waals surface area contributed by atoms with Crippen LogP contribution in [0.15, 0.2) is 41.3 Å². The van der Waals surface area contributed by atoms with Crippen molar-refractivity contribution in [2.75, 3.05) is 50.0 Å². The van der Waals surface area contributed by atoms with Crippen LogP contribution in [0.4, 0.5) is 9.52 Å². The number of anilines is 1. The maximum absolute atomic E-state index is 13.3. The van der Waals surface area contributed by atoms with E-state index in [-0.39, 0.29) is 24.1 Å². The third kappa shape index (κ3) is 7.78. The molecule has 35 heavy (non-hydrogen) atoms. The van der Waals surface area contributed by atoms with E-state index in [1.54, 1.807) is 35.2 Å². The number of carbonyl (C=O) groups is 1. The predicted octanol–water partition coefficient (Wildman–Crippen LogP) is 6.45. The zero-order valence-corrected chi connectivity index (χ0v) is 22.9. The molecule has 190 valence electrons. The molecule has 3 aromatic rings. The number of thiazole rings is 1. The average molecular weight is 559 g/mol. The second kappa shape index (κ2) is 13.8.